The van der Waals surface area contributed by atoms with Gasteiger partial charge in [-0.15, -0.1) is 0 Å². The molecule has 1 fully saturated rings. The molecule has 0 bridgehead atoms. The zero-order valence-corrected chi connectivity index (χ0v) is 12.4. The summed E-state index contributed by atoms with van der Waals surface area (Å²) in [6.45, 7) is 4.00. The molecule has 0 N–H and O–H groups in total. The number of aliphatic carboxylic acids is 1. The predicted molar refractivity (Wildman–Crippen MR) is 59.4 cm³/mol. The molecule has 2 atom stereocenters. The van der Waals surface area contributed by atoms with Crippen molar-refractivity contribution in [2.45, 2.75) is 19.3 Å². The molecular formula is C14H13NaO2. The van der Waals surface area contributed by atoms with Crippen molar-refractivity contribution in [3.8, 4) is 0 Å². The second-order valence-electron chi connectivity index (χ2n) is 5.26. The molecule has 2 aliphatic carbocycles. The van der Waals surface area contributed by atoms with Gasteiger partial charge in [0, 0.05) is 17.3 Å². The maximum absolute atomic E-state index is 11.2. The molecule has 0 aromatic heterocycles. The summed E-state index contributed by atoms with van der Waals surface area (Å²) in [5.74, 6) is -1.34. The first-order valence-corrected chi connectivity index (χ1v) is 5.51. The van der Waals surface area contributed by atoms with Crippen molar-refractivity contribution in [3.05, 3.63) is 41.5 Å². The number of carbonyl (C=O) groups is 1. The minimum absolute atomic E-state index is 0. The van der Waals surface area contributed by atoms with Gasteiger partial charge in [-0.1, -0.05) is 50.3 Å². The molecule has 3 heteroatoms. The molecule has 0 heterocycles. The Balaban J connectivity index is 0.00000108. The van der Waals surface area contributed by atoms with Crippen LogP contribution < -0.4 is 34.7 Å². The van der Waals surface area contributed by atoms with Gasteiger partial charge >= 0.3 is 29.6 Å². The Labute approximate surface area is 123 Å². The zero-order chi connectivity index (χ0) is 11.6. The smallest absolute Gasteiger partial charge is 0.550 e. The number of allylic oxidation sites excluding steroid dienone is 1. The first-order valence-electron chi connectivity index (χ1n) is 5.51. The Morgan fingerprint density at radius 3 is 2.53 bits per heavy atom. The molecule has 3 rings (SSSR count). The van der Waals surface area contributed by atoms with Gasteiger partial charge in [0.25, 0.3) is 0 Å². The van der Waals surface area contributed by atoms with E-state index in [9.17, 15) is 9.90 Å². The third-order valence-electron chi connectivity index (χ3n) is 4.33. The third kappa shape index (κ3) is 1.35. The monoisotopic (exact) mass is 236 g/mol. The van der Waals surface area contributed by atoms with Crippen LogP contribution in [0.2, 0.25) is 0 Å². The average Bonchev–Trinajstić information content (AvgIpc) is 2.52. The molecule has 2 nitrogen and oxygen atoms in total. The Bertz CT molecular complexity index is 519. The van der Waals surface area contributed by atoms with Crippen LogP contribution in [0.1, 0.15) is 25.0 Å². The van der Waals surface area contributed by atoms with Crippen molar-refractivity contribution in [1.29, 1.82) is 0 Å². The van der Waals surface area contributed by atoms with Crippen molar-refractivity contribution in [3.63, 3.8) is 0 Å². The Morgan fingerprint density at radius 2 is 1.94 bits per heavy atom. The van der Waals surface area contributed by atoms with Crippen molar-refractivity contribution in [1.82, 2.24) is 0 Å². The molecule has 17 heavy (non-hydrogen) atoms. The topological polar surface area (TPSA) is 40.1 Å². The van der Waals surface area contributed by atoms with Crippen LogP contribution >= 0.6 is 0 Å². The SMILES string of the molecule is CC1(C)C(C(=O)[O-])C12C=Cc1ccccc12.[Na+]. The number of carboxylic acid groups (broad SMARTS) is 1. The normalized spacial score (nSPS) is 30.8. The van der Waals surface area contributed by atoms with Crippen molar-refractivity contribution < 1.29 is 39.5 Å². The quantitative estimate of drug-likeness (QED) is 0.549. The van der Waals surface area contributed by atoms with E-state index in [1.54, 1.807) is 0 Å². The van der Waals surface area contributed by atoms with Gasteiger partial charge in [-0.25, -0.2) is 0 Å². The number of hydrogen-bond acceptors (Lipinski definition) is 2. The molecule has 0 saturated heterocycles. The van der Waals surface area contributed by atoms with Crippen molar-refractivity contribution in [2.24, 2.45) is 11.3 Å². The van der Waals surface area contributed by atoms with E-state index in [2.05, 4.69) is 0 Å². The molecule has 0 amide bonds. The van der Waals surface area contributed by atoms with E-state index in [4.69, 9.17) is 0 Å². The second kappa shape index (κ2) is 3.71. The summed E-state index contributed by atoms with van der Waals surface area (Å²) in [6, 6.07) is 8.00. The van der Waals surface area contributed by atoms with E-state index >= 15 is 0 Å². The first-order chi connectivity index (χ1) is 7.52. The molecule has 1 spiro atoms. The van der Waals surface area contributed by atoms with Gasteiger partial charge in [-0.3, -0.25) is 0 Å². The Kier molecular flexibility index (Phi) is 2.81. The van der Waals surface area contributed by atoms with E-state index in [0.717, 1.165) is 11.1 Å². The van der Waals surface area contributed by atoms with E-state index in [0.29, 0.717) is 0 Å². The van der Waals surface area contributed by atoms with Gasteiger partial charge in [0.15, 0.2) is 0 Å². The summed E-state index contributed by atoms with van der Waals surface area (Å²) < 4.78 is 0. The molecular weight excluding hydrogens is 223 g/mol. The number of hydrogen-bond donors (Lipinski definition) is 0. The van der Waals surface area contributed by atoms with Crippen LogP contribution in [0.4, 0.5) is 0 Å². The molecule has 2 unspecified atom stereocenters. The third-order valence-corrected chi connectivity index (χ3v) is 4.33. The van der Waals surface area contributed by atoms with Crippen LogP contribution in [0.15, 0.2) is 30.3 Å². The summed E-state index contributed by atoms with van der Waals surface area (Å²) in [5.41, 5.74) is 1.70. The molecule has 82 valence electrons. The zero-order valence-electron chi connectivity index (χ0n) is 10.4. The van der Waals surface area contributed by atoms with Gasteiger partial charge in [0.2, 0.25) is 0 Å². The summed E-state index contributed by atoms with van der Waals surface area (Å²) in [6.07, 6.45) is 4.07. The van der Waals surface area contributed by atoms with Crippen molar-refractivity contribution >= 4 is 12.0 Å². The minimum Gasteiger partial charge on any atom is -0.550 e. The van der Waals surface area contributed by atoms with E-state index < -0.39 is 11.9 Å². The van der Waals surface area contributed by atoms with Crippen LogP contribution in [0.25, 0.3) is 6.08 Å². The van der Waals surface area contributed by atoms with Crippen molar-refractivity contribution in [2.75, 3.05) is 0 Å². The van der Waals surface area contributed by atoms with Crippen LogP contribution in [0.3, 0.4) is 0 Å². The van der Waals surface area contributed by atoms with Gasteiger partial charge in [0.05, 0.1) is 0 Å². The molecule has 1 aromatic rings. The van der Waals surface area contributed by atoms with E-state index in [-0.39, 0.29) is 40.4 Å². The van der Waals surface area contributed by atoms with Gasteiger partial charge in [0.1, 0.15) is 0 Å². The number of carbonyl (C=O) groups excluding carboxylic acids is 1. The molecule has 1 saturated carbocycles. The van der Waals surface area contributed by atoms with Gasteiger partial charge in [-0.05, 0) is 16.5 Å². The Hall–Kier alpha value is -0.570. The summed E-state index contributed by atoms with van der Waals surface area (Å²) >= 11 is 0. The maximum atomic E-state index is 11.2. The molecule has 1 aromatic carbocycles. The standard InChI is InChI=1S/C14H14O2.Na/c1-13(2)11(12(15)16)14(13)8-7-9-5-3-4-6-10(9)14;/h3-8,11H,1-2H3,(H,15,16);/q;+1/p-1. The van der Waals surface area contributed by atoms with Gasteiger partial charge < -0.3 is 9.90 Å². The van der Waals surface area contributed by atoms with Crippen LogP contribution in [0.5, 0.6) is 0 Å². The fraction of sp³-hybridized carbons (Fsp3) is 0.357. The van der Waals surface area contributed by atoms with Gasteiger partial charge in [-0.2, -0.15) is 0 Å². The molecule has 2 aliphatic rings. The number of benzene rings is 1. The molecule has 0 aliphatic heterocycles. The number of fused-ring (bicyclic) bond motifs is 2. The molecule has 0 radical (unpaired) electrons. The predicted octanol–water partition coefficient (Wildman–Crippen LogP) is -1.64. The fourth-order valence-corrected chi connectivity index (χ4v) is 3.42. The average molecular weight is 236 g/mol. The van der Waals surface area contributed by atoms with Crippen LogP contribution in [-0.4, -0.2) is 5.97 Å². The Morgan fingerprint density at radius 1 is 1.29 bits per heavy atom. The summed E-state index contributed by atoms with van der Waals surface area (Å²) in [5, 5.41) is 11.2. The first kappa shape index (κ1) is 12.9. The second-order valence-corrected chi connectivity index (χ2v) is 5.26. The number of rotatable bonds is 1. The van der Waals surface area contributed by atoms with E-state index in [1.807, 2.05) is 50.3 Å². The fourth-order valence-electron chi connectivity index (χ4n) is 3.42. The van der Waals surface area contributed by atoms with E-state index in [1.165, 1.54) is 0 Å². The summed E-state index contributed by atoms with van der Waals surface area (Å²) in [4.78, 5) is 11.2. The van der Waals surface area contributed by atoms with Crippen LogP contribution in [0, 0.1) is 11.3 Å². The number of carboxylic acids is 1. The maximum Gasteiger partial charge on any atom is 1.00 e. The minimum atomic E-state index is -0.939. The van der Waals surface area contributed by atoms with Crippen LogP contribution in [-0.2, 0) is 10.2 Å². The largest absolute Gasteiger partial charge is 1.00 e. The summed E-state index contributed by atoms with van der Waals surface area (Å²) in [7, 11) is 0.